The number of nitrogens with zero attached hydrogens (tertiary/aromatic N) is 2. The molecule has 1 amide bonds. The highest BCUT2D eigenvalue weighted by atomic mass is 32.2. The molecule has 1 aliphatic heterocycles. The Morgan fingerprint density at radius 2 is 1.50 bits per heavy atom. The molecule has 2 aromatic rings. The van der Waals surface area contributed by atoms with Crippen molar-refractivity contribution < 1.29 is 44.3 Å². The summed E-state index contributed by atoms with van der Waals surface area (Å²) < 4.78 is 109. The smallest absolute Gasteiger partial charge is 0.406 e. The number of carbonyl (C=O) groups is 1. The van der Waals surface area contributed by atoms with Crippen LogP contribution >= 0.6 is 0 Å². The second kappa shape index (κ2) is 9.58. The van der Waals surface area contributed by atoms with Gasteiger partial charge in [-0.05, 0) is 62.1 Å². The molecule has 0 radical (unpaired) electrons. The molecule has 36 heavy (non-hydrogen) atoms. The fourth-order valence-corrected chi connectivity index (χ4v) is 6.28. The van der Waals surface area contributed by atoms with Crippen LogP contribution in [0.3, 0.4) is 0 Å². The van der Waals surface area contributed by atoms with Crippen molar-refractivity contribution in [1.82, 2.24) is 9.21 Å². The lowest BCUT2D eigenvalue weighted by atomic mass is 10.0. The zero-order valence-electron chi connectivity index (χ0n) is 18.7. The number of amides is 1. The zero-order chi connectivity index (χ0) is 26.3. The van der Waals surface area contributed by atoms with E-state index in [0.29, 0.717) is 18.9 Å². The molecule has 0 atom stereocenters. The Morgan fingerprint density at radius 3 is 2.08 bits per heavy atom. The van der Waals surface area contributed by atoms with Crippen LogP contribution in [-0.4, -0.2) is 55.1 Å². The number of likely N-dealkylation sites (tertiary alicyclic amines) is 1. The Hall–Kier alpha value is -2.80. The number of sulfonamides is 1. The predicted molar refractivity (Wildman–Crippen MR) is 116 cm³/mol. The zero-order valence-corrected chi connectivity index (χ0v) is 19.5. The standard InChI is InChI=1S/C23H22F6N2O4S/c24-22(25,26)16-4-2-6-20(14-16)36(33,34)31(17-7-8-17)18-9-11-30(12-10-18)21(32)15-3-1-5-19(13-15)35-23(27,28)29/h1-6,13-14,17-18H,7-12H2. The largest absolute Gasteiger partial charge is 0.573 e. The summed E-state index contributed by atoms with van der Waals surface area (Å²) in [5.41, 5.74) is -1.07. The van der Waals surface area contributed by atoms with E-state index >= 15 is 0 Å². The topological polar surface area (TPSA) is 66.9 Å². The van der Waals surface area contributed by atoms with Crippen LogP contribution in [0, 0.1) is 0 Å². The van der Waals surface area contributed by atoms with Gasteiger partial charge in [0.1, 0.15) is 5.75 Å². The van der Waals surface area contributed by atoms with E-state index in [1.807, 2.05) is 0 Å². The van der Waals surface area contributed by atoms with Gasteiger partial charge >= 0.3 is 12.5 Å². The second-order valence-electron chi connectivity index (χ2n) is 8.69. The van der Waals surface area contributed by atoms with Crippen LogP contribution < -0.4 is 4.74 Å². The van der Waals surface area contributed by atoms with E-state index in [-0.39, 0.29) is 37.5 Å². The first-order valence-electron chi connectivity index (χ1n) is 11.1. The number of ether oxygens (including phenoxy) is 1. The van der Waals surface area contributed by atoms with E-state index in [9.17, 15) is 39.6 Å². The Kier molecular flexibility index (Phi) is 6.99. The van der Waals surface area contributed by atoms with Gasteiger partial charge in [0.25, 0.3) is 5.91 Å². The molecular weight excluding hydrogens is 514 g/mol. The summed E-state index contributed by atoms with van der Waals surface area (Å²) in [4.78, 5) is 13.8. The van der Waals surface area contributed by atoms with E-state index < -0.39 is 50.7 Å². The van der Waals surface area contributed by atoms with Crippen LogP contribution in [0.25, 0.3) is 0 Å². The number of rotatable bonds is 6. The third-order valence-electron chi connectivity index (χ3n) is 6.07. The van der Waals surface area contributed by atoms with Crippen molar-refractivity contribution in [2.75, 3.05) is 13.1 Å². The van der Waals surface area contributed by atoms with Crippen molar-refractivity contribution in [3.8, 4) is 5.75 Å². The van der Waals surface area contributed by atoms with Gasteiger partial charge in [-0.1, -0.05) is 12.1 Å². The number of piperidine rings is 1. The molecule has 1 saturated heterocycles. The summed E-state index contributed by atoms with van der Waals surface area (Å²) in [5, 5.41) is 0. The molecule has 6 nitrogen and oxygen atoms in total. The molecule has 2 aliphatic rings. The Bertz CT molecular complexity index is 1220. The normalized spacial score (nSPS) is 17.9. The van der Waals surface area contributed by atoms with Crippen molar-refractivity contribution in [2.45, 2.75) is 55.2 Å². The molecule has 2 fully saturated rings. The van der Waals surface area contributed by atoms with E-state index in [1.54, 1.807) is 0 Å². The molecule has 196 valence electrons. The highest BCUT2D eigenvalue weighted by Gasteiger charge is 2.44. The molecule has 13 heteroatoms. The van der Waals surface area contributed by atoms with Gasteiger partial charge in [-0.2, -0.15) is 17.5 Å². The summed E-state index contributed by atoms with van der Waals surface area (Å²) in [6.07, 6.45) is -7.95. The predicted octanol–water partition coefficient (Wildman–Crippen LogP) is 5.06. The van der Waals surface area contributed by atoms with Crippen molar-refractivity contribution >= 4 is 15.9 Å². The van der Waals surface area contributed by atoms with E-state index in [0.717, 1.165) is 30.3 Å². The first-order valence-corrected chi connectivity index (χ1v) is 12.6. The van der Waals surface area contributed by atoms with E-state index in [4.69, 9.17) is 0 Å². The number of hydrogen-bond donors (Lipinski definition) is 0. The monoisotopic (exact) mass is 536 g/mol. The van der Waals surface area contributed by atoms with Gasteiger partial charge in [-0.3, -0.25) is 4.79 Å². The second-order valence-corrected chi connectivity index (χ2v) is 10.5. The highest BCUT2D eigenvalue weighted by Crippen LogP contribution is 2.38. The lowest BCUT2D eigenvalue weighted by molar-refractivity contribution is -0.274. The number of hydrogen-bond acceptors (Lipinski definition) is 4. The van der Waals surface area contributed by atoms with Crippen molar-refractivity contribution in [1.29, 1.82) is 0 Å². The van der Waals surface area contributed by atoms with Crippen LogP contribution in [0.4, 0.5) is 26.3 Å². The van der Waals surface area contributed by atoms with Crippen molar-refractivity contribution in [3.05, 3.63) is 59.7 Å². The van der Waals surface area contributed by atoms with Crippen molar-refractivity contribution in [2.24, 2.45) is 0 Å². The van der Waals surface area contributed by atoms with Crippen LogP contribution in [0.2, 0.25) is 0 Å². The van der Waals surface area contributed by atoms with Crippen LogP contribution in [0.5, 0.6) is 5.75 Å². The molecule has 1 saturated carbocycles. The first kappa shape index (κ1) is 26.3. The third-order valence-corrected chi connectivity index (χ3v) is 8.07. The molecule has 0 N–H and O–H groups in total. The third kappa shape index (κ3) is 5.94. The molecule has 0 bridgehead atoms. The maximum absolute atomic E-state index is 13.4. The number of carbonyl (C=O) groups excluding carboxylic acids is 1. The quantitative estimate of drug-likeness (QED) is 0.484. The Balaban J connectivity index is 1.48. The fourth-order valence-electron chi connectivity index (χ4n) is 4.31. The van der Waals surface area contributed by atoms with Gasteiger partial charge in [0, 0.05) is 30.7 Å². The van der Waals surface area contributed by atoms with Gasteiger partial charge in [-0.25, -0.2) is 8.42 Å². The van der Waals surface area contributed by atoms with Gasteiger partial charge in [0.2, 0.25) is 10.0 Å². The van der Waals surface area contributed by atoms with Gasteiger partial charge in [-0.15, -0.1) is 13.2 Å². The molecular formula is C23H22F6N2O4S. The summed E-state index contributed by atoms with van der Waals surface area (Å²) in [7, 11) is -4.23. The SMILES string of the molecule is O=C(c1cccc(OC(F)(F)F)c1)N1CCC(N(C2CC2)S(=O)(=O)c2cccc(C(F)(F)F)c2)CC1. The highest BCUT2D eigenvalue weighted by molar-refractivity contribution is 7.89. The molecule has 1 aliphatic carbocycles. The molecule has 1 heterocycles. The van der Waals surface area contributed by atoms with E-state index in [2.05, 4.69) is 4.74 Å². The minimum Gasteiger partial charge on any atom is -0.406 e. The Morgan fingerprint density at radius 1 is 0.889 bits per heavy atom. The first-order chi connectivity index (χ1) is 16.8. The lowest BCUT2D eigenvalue weighted by Crippen LogP contribution is -2.49. The van der Waals surface area contributed by atoms with Crippen LogP contribution in [-0.2, 0) is 16.2 Å². The maximum Gasteiger partial charge on any atom is 0.573 e. The summed E-state index contributed by atoms with van der Waals surface area (Å²) in [6, 6.07) is 7.43. The molecule has 2 aromatic carbocycles. The molecule has 0 unspecified atom stereocenters. The lowest BCUT2D eigenvalue weighted by Gasteiger charge is -2.38. The van der Waals surface area contributed by atoms with Crippen molar-refractivity contribution in [3.63, 3.8) is 0 Å². The minimum atomic E-state index is -4.91. The van der Waals surface area contributed by atoms with Gasteiger partial charge in [0.15, 0.2) is 0 Å². The van der Waals surface area contributed by atoms with Crippen LogP contribution in [0.1, 0.15) is 41.6 Å². The number of alkyl halides is 6. The maximum atomic E-state index is 13.4. The summed E-state index contributed by atoms with van der Waals surface area (Å²) >= 11 is 0. The van der Waals surface area contributed by atoms with Gasteiger partial charge in [0.05, 0.1) is 10.5 Å². The molecule has 0 spiro atoms. The molecule has 0 aromatic heterocycles. The van der Waals surface area contributed by atoms with Gasteiger partial charge < -0.3 is 9.64 Å². The molecule has 4 rings (SSSR count). The Labute approximate surface area is 203 Å². The van der Waals surface area contributed by atoms with E-state index in [1.165, 1.54) is 21.3 Å². The van der Waals surface area contributed by atoms with Crippen LogP contribution in [0.15, 0.2) is 53.4 Å². The minimum absolute atomic E-state index is 0.00848. The fraction of sp³-hybridized carbons (Fsp3) is 0.435. The number of halogens is 6. The summed E-state index contributed by atoms with van der Waals surface area (Å²) in [6.45, 7) is 0.268. The number of benzene rings is 2. The average Bonchev–Trinajstić information content (AvgIpc) is 3.62. The average molecular weight is 536 g/mol. The summed E-state index contributed by atoms with van der Waals surface area (Å²) in [5.74, 6) is -1.06.